The first kappa shape index (κ1) is 14.7. The molecule has 110 valence electrons. The number of rotatable bonds is 5. The maximum atomic E-state index is 12.1. The highest BCUT2D eigenvalue weighted by atomic mass is 16.5. The number of amides is 1. The minimum absolute atomic E-state index is 0.0134. The number of carbonyl (C=O) groups excluding carboxylic acids is 1. The number of hydrogen-bond acceptors (Lipinski definition) is 5. The predicted molar refractivity (Wildman–Crippen MR) is 71.8 cm³/mol. The van der Waals surface area contributed by atoms with Crippen LogP contribution in [0.15, 0.2) is 0 Å². The van der Waals surface area contributed by atoms with E-state index < -0.39 is 5.41 Å². The second-order valence-electron chi connectivity index (χ2n) is 5.60. The highest BCUT2D eigenvalue weighted by Crippen LogP contribution is 2.26. The molecule has 0 aromatic rings. The molecule has 2 saturated heterocycles. The molecule has 2 fully saturated rings. The van der Waals surface area contributed by atoms with Crippen LogP contribution in [0, 0.1) is 5.41 Å². The number of nitrogens with one attached hydrogen (secondary N) is 1. The monoisotopic (exact) mass is 271 g/mol. The van der Waals surface area contributed by atoms with Crippen molar-refractivity contribution in [3.63, 3.8) is 0 Å². The summed E-state index contributed by atoms with van der Waals surface area (Å²) in [5.41, 5.74) is 5.36. The molecule has 0 aliphatic carbocycles. The van der Waals surface area contributed by atoms with Gasteiger partial charge in [0.1, 0.15) is 0 Å². The Bertz CT molecular complexity index is 308. The normalized spacial score (nSPS) is 32.4. The summed E-state index contributed by atoms with van der Waals surface area (Å²) in [5.74, 6) is 0.0134. The molecular formula is C13H25N3O3. The lowest BCUT2D eigenvalue weighted by atomic mass is 9.85. The van der Waals surface area contributed by atoms with Crippen molar-refractivity contribution in [3.05, 3.63) is 0 Å². The maximum Gasteiger partial charge on any atom is 0.229 e. The summed E-state index contributed by atoms with van der Waals surface area (Å²) in [6.07, 6.45) is 0.956. The highest BCUT2D eigenvalue weighted by Gasteiger charge is 2.44. The van der Waals surface area contributed by atoms with Crippen LogP contribution in [0.1, 0.15) is 13.3 Å². The van der Waals surface area contributed by atoms with E-state index in [1.54, 1.807) is 0 Å². The Hall–Kier alpha value is -0.690. The van der Waals surface area contributed by atoms with E-state index in [4.69, 9.17) is 15.2 Å². The summed E-state index contributed by atoms with van der Waals surface area (Å²) in [7, 11) is 0. The predicted octanol–water partition coefficient (Wildman–Crippen LogP) is -0.811. The van der Waals surface area contributed by atoms with Gasteiger partial charge in [-0.1, -0.05) is 0 Å². The molecular weight excluding hydrogens is 246 g/mol. The number of ether oxygens (including phenoxy) is 2. The van der Waals surface area contributed by atoms with Gasteiger partial charge in [0.2, 0.25) is 5.91 Å². The van der Waals surface area contributed by atoms with Gasteiger partial charge in [-0.15, -0.1) is 0 Å². The molecule has 0 bridgehead atoms. The molecule has 0 radical (unpaired) electrons. The highest BCUT2D eigenvalue weighted by molar-refractivity contribution is 5.83. The molecule has 6 nitrogen and oxygen atoms in total. The average Bonchev–Trinajstić information content (AvgIpc) is 2.77. The van der Waals surface area contributed by atoms with Crippen LogP contribution in [0.3, 0.4) is 0 Å². The quantitative estimate of drug-likeness (QED) is 0.640. The van der Waals surface area contributed by atoms with Gasteiger partial charge in [0.05, 0.1) is 31.8 Å². The lowest BCUT2D eigenvalue weighted by molar-refractivity contribution is -0.130. The molecule has 2 unspecified atom stereocenters. The van der Waals surface area contributed by atoms with Crippen LogP contribution < -0.4 is 11.1 Å². The summed E-state index contributed by atoms with van der Waals surface area (Å²) in [6.45, 7) is 8.08. The van der Waals surface area contributed by atoms with Gasteiger partial charge in [0.15, 0.2) is 0 Å². The van der Waals surface area contributed by atoms with E-state index in [0.29, 0.717) is 19.8 Å². The van der Waals surface area contributed by atoms with Crippen LogP contribution in [-0.4, -0.2) is 69.5 Å². The van der Waals surface area contributed by atoms with E-state index in [0.717, 1.165) is 39.3 Å². The molecule has 0 saturated carbocycles. The van der Waals surface area contributed by atoms with Crippen molar-refractivity contribution in [2.24, 2.45) is 11.1 Å². The van der Waals surface area contributed by atoms with Gasteiger partial charge in [-0.25, -0.2) is 0 Å². The van der Waals surface area contributed by atoms with Crippen LogP contribution >= 0.6 is 0 Å². The van der Waals surface area contributed by atoms with E-state index >= 15 is 0 Å². The molecule has 0 spiro atoms. The van der Waals surface area contributed by atoms with Crippen molar-refractivity contribution in [1.29, 1.82) is 0 Å². The molecule has 2 heterocycles. The summed E-state index contributed by atoms with van der Waals surface area (Å²) in [6, 6.07) is -0.202. The number of carbonyl (C=O) groups is 1. The summed E-state index contributed by atoms with van der Waals surface area (Å²) in [5, 5.41) is 2.98. The van der Waals surface area contributed by atoms with E-state index in [1.165, 1.54) is 0 Å². The zero-order chi connectivity index (χ0) is 13.7. The van der Waals surface area contributed by atoms with Gasteiger partial charge in [-0.05, 0) is 19.9 Å². The lowest BCUT2D eigenvalue weighted by Crippen LogP contribution is -2.50. The Morgan fingerprint density at radius 2 is 2.16 bits per heavy atom. The van der Waals surface area contributed by atoms with Gasteiger partial charge < -0.3 is 20.5 Å². The third-order valence-corrected chi connectivity index (χ3v) is 4.08. The Labute approximate surface area is 114 Å². The molecule has 2 aliphatic heterocycles. The number of nitrogens with two attached hydrogens (primary N) is 1. The molecule has 0 aromatic carbocycles. The van der Waals surface area contributed by atoms with E-state index in [-0.39, 0.29) is 11.9 Å². The van der Waals surface area contributed by atoms with Crippen molar-refractivity contribution in [3.8, 4) is 0 Å². The molecule has 1 amide bonds. The fourth-order valence-electron chi connectivity index (χ4n) is 2.45. The third-order valence-electron chi connectivity index (χ3n) is 4.08. The molecule has 6 heteroatoms. The van der Waals surface area contributed by atoms with Crippen LogP contribution in [0.25, 0.3) is 0 Å². The van der Waals surface area contributed by atoms with Gasteiger partial charge in [0.25, 0.3) is 0 Å². The largest absolute Gasteiger partial charge is 0.379 e. The Morgan fingerprint density at radius 1 is 1.42 bits per heavy atom. The zero-order valence-electron chi connectivity index (χ0n) is 11.7. The Kier molecular flexibility index (Phi) is 5.15. The number of morpholine rings is 1. The van der Waals surface area contributed by atoms with Gasteiger partial charge in [-0.3, -0.25) is 9.69 Å². The third kappa shape index (κ3) is 3.66. The first-order chi connectivity index (χ1) is 9.13. The molecule has 2 aliphatic rings. The average molecular weight is 271 g/mol. The standard InChI is InChI=1S/C13H25N3O3/c1-13(10-19-9-11(13)14)12(17)15-3-2-4-16-5-7-18-8-6-16/h11H,2-10,14H2,1H3,(H,15,17). The molecule has 19 heavy (non-hydrogen) atoms. The fraction of sp³-hybridized carbons (Fsp3) is 0.923. The molecule has 3 N–H and O–H groups in total. The SMILES string of the molecule is CC1(C(=O)NCCCN2CCOCC2)COCC1N. The second kappa shape index (κ2) is 6.65. The van der Waals surface area contributed by atoms with Crippen molar-refractivity contribution in [2.75, 3.05) is 52.6 Å². The van der Waals surface area contributed by atoms with Gasteiger partial charge in [-0.2, -0.15) is 0 Å². The summed E-state index contributed by atoms with van der Waals surface area (Å²) in [4.78, 5) is 14.5. The molecule has 2 atom stereocenters. The van der Waals surface area contributed by atoms with E-state index in [1.807, 2.05) is 6.92 Å². The smallest absolute Gasteiger partial charge is 0.229 e. The van der Waals surface area contributed by atoms with Gasteiger partial charge in [0, 0.05) is 25.7 Å². The van der Waals surface area contributed by atoms with E-state index in [2.05, 4.69) is 10.2 Å². The topological polar surface area (TPSA) is 76.8 Å². The number of hydrogen-bond donors (Lipinski definition) is 2. The minimum Gasteiger partial charge on any atom is -0.379 e. The zero-order valence-corrected chi connectivity index (χ0v) is 11.7. The van der Waals surface area contributed by atoms with Crippen LogP contribution in [0.2, 0.25) is 0 Å². The van der Waals surface area contributed by atoms with Crippen LogP contribution in [0.4, 0.5) is 0 Å². The minimum atomic E-state index is -0.570. The molecule has 2 rings (SSSR count). The van der Waals surface area contributed by atoms with Crippen molar-refractivity contribution < 1.29 is 14.3 Å². The summed E-state index contributed by atoms with van der Waals surface area (Å²) < 4.78 is 10.6. The number of nitrogens with zero attached hydrogens (tertiary/aromatic N) is 1. The molecule has 0 aromatic heterocycles. The van der Waals surface area contributed by atoms with Crippen molar-refractivity contribution in [1.82, 2.24) is 10.2 Å². The second-order valence-corrected chi connectivity index (χ2v) is 5.60. The van der Waals surface area contributed by atoms with Gasteiger partial charge >= 0.3 is 0 Å². The fourth-order valence-corrected chi connectivity index (χ4v) is 2.45. The Morgan fingerprint density at radius 3 is 2.79 bits per heavy atom. The first-order valence-electron chi connectivity index (χ1n) is 7.04. The maximum absolute atomic E-state index is 12.1. The Balaban J connectivity index is 1.63. The first-order valence-corrected chi connectivity index (χ1v) is 7.04. The van der Waals surface area contributed by atoms with Crippen molar-refractivity contribution in [2.45, 2.75) is 19.4 Å². The van der Waals surface area contributed by atoms with Crippen LogP contribution in [0.5, 0.6) is 0 Å². The summed E-state index contributed by atoms with van der Waals surface area (Å²) >= 11 is 0. The van der Waals surface area contributed by atoms with Crippen molar-refractivity contribution >= 4 is 5.91 Å². The van der Waals surface area contributed by atoms with E-state index in [9.17, 15) is 4.79 Å². The lowest BCUT2D eigenvalue weighted by Gasteiger charge is -2.27. The van der Waals surface area contributed by atoms with Crippen LogP contribution in [-0.2, 0) is 14.3 Å².